The Kier molecular flexibility index (Phi) is 6.62. The number of methoxy groups -OCH3 is 1. The molecule has 0 aliphatic carbocycles. The van der Waals surface area contributed by atoms with Gasteiger partial charge in [0.1, 0.15) is 5.75 Å². The van der Waals surface area contributed by atoms with Gasteiger partial charge < -0.3 is 14.5 Å². The van der Waals surface area contributed by atoms with Crippen molar-refractivity contribution < 1.29 is 22.4 Å². The van der Waals surface area contributed by atoms with Crippen LogP contribution in [0.1, 0.15) is 35.0 Å². The third kappa shape index (κ3) is 4.71. The molecule has 1 aromatic heterocycles. The summed E-state index contributed by atoms with van der Waals surface area (Å²) in [5.74, 6) is 0.298. The van der Waals surface area contributed by atoms with Crippen LogP contribution >= 0.6 is 0 Å². The highest BCUT2D eigenvalue weighted by Crippen LogP contribution is 2.27. The second-order valence-electron chi connectivity index (χ2n) is 7.68. The maximum atomic E-state index is 12.7. The number of ether oxygens (including phenoxy) is 1. The number of furan rings is 1. The van der Waals surface area contributed by atoms with Crippen LogP contribution in [-0.4, -0.2) is 46.0 Å². The van der Waals surface area contributed by atoms with Crippen LogP contribution in [0, 0.1) is 0 Å². The van der Waals surface area contributed by atoms with E-state index in [1.807, 2.05) is 24.3 Å². The summed E-state index contributed by atoms with van der Waals surface area (Å²) in [6.45, 7) is 2.31. The van der Waals surface area contributed by atoms with E-state index in [4.69, 9.17) is 9.15 Å². The molecular weight excluding hydrogens is 428 g/mol. The first-order valence-electron chi connectivity index (χ1n) is 10.6. The highest BCUT2D eigenvalue weighted by Gasteiger charge is 2.26. The number of hydrogen-bond donors (Lipinski definition) is 1. The molecule has 1 unspecified atom stereocenters. The molecule has 0 bridgehead atoms. The van der Waals surface area contributed by atoms with Gasteiger partial charge in [-0.3, -0.25) is 9.69 Å². The smallest absolute Gasteiger partial charge is 0.287 e. The molecule has 0 radical (unpaired) electrons. The van der Waals surface area contributed by atoms with Crippen LogP contribution in [-0.2, 0) is 9.84 Å². The van der Waals surface area contributed by atoms with Gasteiger partial charge in [-0.25, -0.2) is 8.42 Å². The van der Waals surface area contributed by atoms with Crippen LogP contribution in [0.25, 0.3) is 0 Å². The first-order chi connectivity index (χ1) is 15.5. The minimum atomic E-state index is -3.81. The molecule has 1 fully saturated rings. The Hall–Kier alpha value is -3.10. The lowest BCUT2D eigenvalue weighted by atomic mass is 10.1. The van der Waals surface area contributed by atoms with Gasteiger partial charge in [0.15, 0.2) is 5.76 Å². The summed E-state index contributed by atoms with van der Waals surface area (Å²) < 4.78 is 36.1. The van der Waals surface area contributed by atoms with Gasteiger partial charge in [-0.1, -0.05) is 30.3 Å². The predicted octanol–water partition coefficient (Wildman–Crippen LogP) is 3.69. The van der Waals surface area contributed by atoms with Crippen LogP contribution in [0.2, 0.25) is 0 Å². The number of carbonyl (C=O) groups excluding carboxylic acids is 1. The Morgan fingerprint density at radius 3 is 2.38 bits per heavy atom. The number of rotatable bonds is 8. The fourth-order valence-corrected chi connectivity index (χ4v) is 5.11. The molecule has 2 aromatic carbocycles. The van der Waals surface area contributed by atoms with E-state index in [1.54, 1.807) is 25.3 Å². The molecule has 1 atom stereocenters. The van der Waals surface area contributed by atoms with E-state index in [-0.39, 0.29) is 21.8 Å². The molecule has 1 aliphatic heterocycles. The molecule has 32 heavy (non-hydrogen) atoms. The topological polar surface area (TPSA) is 88.8 Å². The summed E-state index contributed by atoms with van der Waals surface area (Å²) in [5, 5.41) is 2.66. The number of amides is 1. The zero-order valence-corrected chi connectivity index (χ0v) is 18.7. The number of benzene rings is 2. The average Bonchev–Trinajstić information content (AvgIpc) is 3.53. The van der Waals surface area contributed by atoms with E-state index in [1.165, 1.54) is 24.3 Å². The van der Waals surface area contributed by atoms with Crippen molar-refractivity contribution >= 4 is 15.7 Å². The molecule has 2 heterocycles. The first-order valence-corrected chi connectivity index (χ1v) is 12.0. The second-order valence-corrected chi connectivity index (χ2v) is 9.56. The zero-order chi connectivity index (χ0) is 22.6. The standard InChI is InChI=1S/C24H26N2O5S/c1-30-19-11-9-18(10-12-19)21(26-15-5-6-16-26)17-25-24(27)22-13-14-23(31-22)32(28,29)20-7-3-2-4-8-20/h2-4,7-14,21H,5-6,15-17H2,1H3,(H,25,27). The monoisotopic (exact) mass is 454 g/mol. The molecular formula is C24H26N2O5S. The zero-order valence-electron chi connectivity index (χ0n) is 17.9. The van der Waals surface area contributed by atoms with Crippen LogP contribution in [0.5, 0.6) is 5.75 Å². The minimum absolute atomic E-state index is 0.00911. The van der Waals surface area contributed by atoms with Gasteiger partial charge in [0.05, 0.1) is 18.0 Å². The normalized spacial score (nSPS) is 15.4. The van der Waals surface area contributed by atoms with E-state index in [0.717, 1.165) is 37.2 Å². The van der Waals surface area contributed by atoms with Crippen molar-refractivity contribution in [3.05, 3.63) is 78.1 Å². The number of nitrogens with zero attached hydrogens (tertiary/aromatic N) is 1. The predicted molar refractivity (Wildman–Crippen MR) is 119 cm³/mol. The van der Waals surface area contributed by atoms with E-state index in [0.29, 0.717) is 6.54 Å². The van der Waals surface area contributed by atoms with Gasteiger partial charge in [0.25, 0.3) is 5.91 Å². The molecule has 0 saturated carbocycles. The fourth-order valence-electron chi connectivity index (χ4n) is 3.92. The Balaban J connectivity index is 1.48. The molecule has 8 heteroatoms. The van der Waals surface area contributed by atoms with Gasteiger partial charge in [0.2, 0.25) is 14.9 Å². The Bertz CT molecular complexity index is 1150. The lowest BCUT2D eigenvalue weighted by Crippen LogP contribution is -2.36. The van der Waals surface area contributed by atoms with Crippen molar-refractivity contribution in [2.24, 2.45) is 0 Å². The lowest BCUT2D eigenvalue weighted by Gasteiger charge is -2.28. The van der Waals surface area contributed by atoms with Crippen molar-refractivity contribution in [1.29, 1.82) is 0 Å². The summed E-state index contributed by atoms with van der Waals surface area (Å²) >= 11 is 0. The molecule has 3 aromatic rings. The summed E-state index contributed by atoms with van der Waals surface area (Å²) in [6.07, 6.45) is 2.25. The third-order valence-corrected chi connectivity index (χ3v) is 7.30. The Morgan fingerprint density at radius 2 is 1.72 bits per heavy atom. The first kappa shape index (κ1) is 22.1. The van der Waals surface area contributed by atoms with Crippen molar-refractivity contribution in [3.63, 3.8) is 0 Å². The average molecular weight is 455 g/mol. The molecule has 1 amide bonds. The molecule has 4 rings (SSSR count). The van der Waals surface area contributed by atoms with Crippen molar-refractivity contribution in [1.82, 2.24) is 10.2 Å². The summed E-state index contributed by atoms with van der Waals surface area (Å²) in [5.41, 5.74) is 1.08. The highest BCUT2D eigenvalue weighted by atomic mass is 32.2. The van der Waals surface area contributed by atoms with Gasteiger partial charge in [-0.2, -0.15) is 0 Å². The number of likely N-dealkylation sites (tertiary alicyclic amines) is 1. The third-order valence-electron chi connectivity index (χ3n) is 5.66. The number of nitrogens with one attached hydrogen (secondary N) is 1. The van der Waals surface area contributed by atoms with Crippen LogP contribution in [0.3, 0.4) is 0 Å². The SMILES string of the molecule is COc1ccc(C(CNC(=O)c2ccc(S(=O)(=O)c3ccccc3)o2)N2CCCC2)cc1. The molecule has 168 valence electrons. The van der Waals surface area contributed by atoms with Crippen molar-refractivity contribution in [2.45, 2.75) is 28.9 Å². The number of carbonyl (C=O) groups is 1. The van der Waals surface area contributed by atoms with Gasteiger partial charge in [-0.15, -0.1) is 0 Å². The largest absolute Gasteiger partial charge is 0.497 e. The van der Waals surface area contributed by atoms with Crippen LogP contribution in [0.15, 0.2) is 81.1 Å². The van der Waals surface area contributed by atoms with E-state index in [9.17, 15) is 13.2 Å². The Labute approximate surface area is 187 Å². The molecule has 1 N–H and O–H groups in total. The quantitative estimate of drug-likeness (QED) is 0.559. The van der Waals surface area contributed by atoms with E-state index >= 15 is 0 Å². The molecule has 7 nitrogen and oxygen atoms in total. The molecule has 1 aliphatic rings. The minimum Gasteiger partial charge on any atom is -0.497 e. The summed E-state index contributed by atoms with van der Waals surface area (Å²) in [7, 11) is -2.18. The lowest BCUT2D eigenvalue weighted by molar-refractivity contribution is 0.0905. The van der Waals surface area contributed by atoms with Crippen LogP contribution < -0.4 is 10.1 Å². The maximum Gasteiger partial charge on any atom is 0.287 e. The second kappa shape index (κ2) is 9.58. The molecule has 0 spiro atoms. The highest BCUT2D eigenvalue weighted by molar-refractivity contribution is 7.91. The fraction of sp³-hybridized carbons (Fsp3) is 0.292. The van der Waals surface area contributed by atoms with Gasteiger partial charge in [-0.05, 0) is 67.9 Å². The molecule has 1 saturated heterocycles. The number of hydrogen-bond acceptors (Lipinski definition) is 6. The van der Waals surface area contributed by atoms with E-state index in [2.05, 4.69) is 10.2 Å². The van der Waals surface area contributed by atoms with Gasteiger partial charge in [0, 0.05) is 6.54 Å². The van der Waals surface area contributed by atoms with E-state index < -0.39 is 15.7 Å². The number of sulfone groups is 1. The summed E-state index contributed by atoms with van der Waals surface area (Å²) in [6, 6.07) is 18.6. The van der Waals surface area contributed by atoms with Crippen molar-refractivity contribution in [2.75, 3.05) is 26.7 Å². The maximum absolute atomic E-state index is 12.7. The van der Waals surface area contributed by atoms with Crippen molar-refractivity contribution in [3.8, 4) is 5.75 Å². The van der Waals surface area contributed by atoms with Crippen LogP contribution in [0.4, 0.5) is 0 Å². The Morgan fingerprint density at radius 1 is 1.03 bits per heavy atom. The summed E-state index contributed by atoms with van der Waals surface area (Å²) in [4.78, 5) is 15.2. The van der Waals surface area contributed by atoms with Gasteiger partial charge >= 0.3 is 0 Å².